The van der Waals surface area contributed by atoms with Crippen molar-refractivity contribution in [3.05, 3.63) is 118 Å². The number of carbonyl (C=O) groups excluding carboxylic acids is 2. The van der Waals surface area contributed by atoms with Gasteiger partial charge in [-0.1, -0.05) is 78.9 Å². The maximum absolute atomic E-state index is 13.5. The summed E-state index contributed by atoms with van der Waals surface area (Å²) in [5, 5.41) is 0. The summed E-state index contributed by atoms with van der Waals surface area (Å²) in [5.74, 6) is -0.0610. The van der Waals surface area contributed by atoms with Crippen molar-refractivity contribution in [3.8, 4) is 5.75 Å². The third kappa shape index (κ3) is 5.69. The van der Waals surface area contributed by atoms with Gasteiger partial charge in [0.05, 0.1) is 17.8 Å². The third-order valence-corrected chi connectivity index (χ3v) is 5.91. The lowest BCUT2D eigenvalue weighted by Crippen LogP contribution is -2.27. The number of benzene rings is 3. The molecule has 35 heavy (non-hydrogen) atoms. The highest BCUT2D eigenvalue weighted by Crippen LogP contribution is 2.33. The fourth-order valence-corrected chi connectivity index (χ4v) is 4.11. The van der Waals surface area contributed by atoms with Gasteiger partial charge in [-0.15, -0.1) is 0 Å². The highest BCUT2D eigenvalue weighted by atomic mass is 16.5. The third-order valence-electron chi connectivity index (χ3n) is 5.91. The Morgan fingerprint density at radius 1 is 0.886 bits per heavy atom. The van der Waals surface area contributed by atoms with E-state index in [4.69, 9.17) is 9.47 Å². The van der Waals surface area contributed by atoms with Crippen LogP contribution in [0.15, 0.2) is 102 Å². The first-order chi connectivity index (χ1) is 17.1. The highest BCUT2D eigenvalue weighted by Gasteiger charge is 2.37. The van der Waals surface area contributed by atoms with E-state index in [1.807, 2.05) is 84.9 Å². The molecule has 0 radical (unpaired) electrons. The number of carbonyl (C=O) groups is 2. The molecule has 0 atom stereocenters. The van der Waals surface area contributed by atoms with Gasteiger partial charge in [0.1, 0.15) is 12.4 Å². The van der Waals surface area contributed by atoms with E-state index in [-0.39, 0.29) is 12.5 Å². The van der Waals surface area contributed by atoms with E-state index < -0.39 is 5.97 Å². The molecule has 1 aliphatic heterocycles. The van der Waals surface area contributed by atoms with Crippen LogP contribution in [-0.2, 0) is 27.4 Å². The smallest absolute Gasteiger partial charge is 0.340 e. The summed E-state index contributed by atoms with van der Waals surface area (Å²) < 4.78 is 11.4. The molecule has 0 fully saturated rings. The molecule has 0 N–H and O–H groups in total. The van der Waals surface area contributed by atoms with Crippen LogP contribution in [0, 0.1) is 0 Å². The second-order valence-corrected chi connectivity index (χ2v) is 8.24. The number of ether oxygens (including phenoxy) is 2. The maximum atomic E-state index is 13.5. The minimum absolute atomic E-state index is 0.209. The van der Waals surface area contributed by atoms with Crippen molar-refractivity contribution < 1.29 is 19.1 Å². The summed E-state index contributed by atoms with van der Waals surface area (Å²) in [5.41, 5.74) is 4.14. The quantitative estimate of drug-likeness (QED) is 0.305. The first-order valence-corrected chi connectivity index (χ1v) is 11.8. The van der Waals surface area contributed by atoms with Gasteiger partial charge in [-0.25, -0.2) is 4.79 Å². The molecular weight excluding hydrogens is 438 g/mol. The number of para-hydroxylation sites is 1. The largest absolute Gasteiger partial charge is 0.488 e. The van der Waals surface area contributed by atoms with Crippen LogP contribution in [-0.4, -0.2) is 29.9 Å². The average molecular weight is 468 g/mol. The van der Waals surface area contributed by atoms with Crippen LogP contribution in [0.3, 0.4) is 0 Å². The Kier molecular flexibility index (Phi) is 7.78. The summed E-state index contributed by atoms with van der Waals surface area (Å²) in [6, 6.07) is 27.4. The molecular formula is C30H29NO4. The van der Waals surface area contributed by atoms with Crippen molar-refractivity contribution >= 4 is 18.0 Å². The maximum Gasteiger partial charge on any atom is 0.340 e. The zero-order valence-corrected chi connectivity index (χ0v) is 20.1. The molecule has 1 heterocycles. The summed E-state index contributed by atoms with van der Waals surface area (Å²) in [4.78, 5) is 28.1. The minimum Gasteiger partial charge on any atom is -0.488 e. The van der Waals surface area contributed by atoms with Crippen LogP contribution in [0.2, 0.25) is 0 Å². The van der Waals surface area contributed by atoms with E-state index in [1.165, 1.54) is 0 Å². The Bertz CT molecular complexity index is 1250. The molecule has 0 aliphatic carbocycles. The molecule has 0 spiro atoms. The van der Waals surface area contributed by atoms with Gasteiger partial charge < -0.3 is 14.4 Å². The summed E-state index contributed by atoms with van der Waals surface area (Å²) in [6.07, 6.45) is 2.42. The van der Waals surface area contributed by atoms with Crippen molar-refractivity contribution in [3.63, 3.8) is 0 Å². The molecule has 0 saturated heterocycles. The Balaban J connectivity index is 1.63. The van der Waals surface area contributed by atoms with Crippen LogP contribution in [0.25, 0.3) is 6.08 Å². The molecule has 3 aromatic rings. The number of rotatable bonds is 9. The Hall–Kier alpha value is -4.12. The lowest BCUT2D eigenvalue weighted by molar-refractivity contribution is -0.138. The summed E-state index contributed by atoms with van der Waals surface area (Å²) >= 11 is 0. The van der Waals surface area contributed by atoms with Gasteiger partial charge in [0.25, 0.3) is 5.91 Å². The molecule has 3 aromatic carbocycles. The van der Waals surface area contributed by atoms with E-state index >= 15 is 0 Å². The van der Waals surface area contributed by atoms with Crippen molar-refractivity contribution in [1.82, 2.24) is 4.90 Å². The van der Waals surface area contributed by atoms with Crippen molar-refractivity contribution in [2.24, 2.45) is 0 Å². The molecule has 0 aromatic heterocycles. The Morgan fingerprint density at radius 2 is 1.51 bits per heavy atom. The monoisotopic (exact) mass is 467 g/mol. The lowest BCUT2D eigenvalue weighted by Gasteiger charge is -2.17. The predicted octanol–water partition coefficient (Wildman–Crippen LogP) is 5.57. The van der Waals surface area contributed by atoms with Gasteiger partial charge >= 0.3 is 5.97 Å². The summed E-state index contributed by atoms with van der Waals surface area (Å²) in [7, 11) is 0. The molecule has 1 amide bonds. The van der Waals surface area contributed by atoms with Gasteiger partial charge in [-0.2, -0.15) is 0 Å². The summed E-state index contributed by atoms with van der Waals surface area (Å²) in [6.45, 7) is 4.67. The molecule has 4 rings (SSSR count). The van der Waals surface area contributed by atoms with Crippen molar-refractivity contribution in [1.29, 1.82) is 0 Å². The molecule has 5 heteroatoms. The van der Waals surface area contributed by atoms with Crippen molar-refractivity contribution in [2.45, 2.75) is 26.9 Å². The van der Waals surface area contributed by atoms with E-state index in [9.17, 15) is 9.59 Å². The number of esters is 1. The van der Waals surface area contributed by atoms with Gasteiger partial charge in [-0.3, -0.25) is 4.79 Å². The van der Waals surface area contributed by atoms with E-state index in [0.29, 0.717) is 42.2 Å². The molecule has 0 bridgehead atoms. The topological polar surface area (TPSA) is 55.8 Å². The van der Waals surface area contributed by atoms with E-state index in [0.717, 1.165) is 16.7 Å². The first kappa shape index (κ1) is 24.0. The number of hydrogen-bond acceptors (Lipinski definition) is 4. The lowest BCUT2D eigenvalue weighted by atomic mass is 10.0. The molecule has 0 unspecified atom stereocenters. The molecule has 5 nitrogen and oxygen atoms in total. The van der Waals surface area contributed by atoms with Crippen LogP contribution in [0.5, 0.6) is 5.75 Å². The zero-order chi connectivity index (χ0) is 24.6. The van der Waals surface area contributed by atoms with Crippen LogP contribution < -0.4 is 4.74 Å². The van der Waals surface area contributed by atoms with Gasteiger partial charge in [-0.05, 0) is 43.5 Å². The SMILES string of the molecule is CCOC(=O)C1=C(C)N(CCc2ccccc2)C(=O)/C1=C\c1ccccc1OCc1ccccc1. The molecule has 1 aliphatic rings. The first-order valence-electron chi connectivity index (χ1n) is 11.8. The standard InChI is InChI=1S/C30H29NO4/c1-3-34-30(33)28-22(2)31(19-18-23-12-6-4-7-13-23)29(32)26(28)20-25-16-10-11-17-27(25)35-21-24-14-8-5-9-15-24/h4-17,20H,3,18-19,21H2,1-2H3/b26-20-. The fraction of sp³-hybridized carbons (Fsp3) is 0.200. The Labute approximate surface area is 206 Å². The van der Waals surface area contributed by atoms with Gasteiger partial charge in [0, 0.05) is 17.8 Å². The van der Waals surface area contributed by atoms with Crippen molar-refractivity contribution in [2.75, 3.05) is 13.2 Å². The van der Waals surface area contributed by atoms with Gasteiger partial charge in [0.15, 0.2) is 0 Å². The minimum atomic E-state index is -0.491. The second-order valence-electron chi connectivity index (χ2n) is 8.24. The highest BCUT2D eigenvalue weighted by molar-refractivity contribution is 6.16. The van der Waals surface area contributed by atoms with Gasteiger partial charge in [0.2, 0.25) is 0 Å². The van der Waals surface area contributed by atoms with E-state index in [1.54, 1.807) is 24.8 Å². The number of amides is 1. The predicted molar refractivity (Wildman–Crippen MR) is 136 cm³/mol. The number of hydrogen-bond donors (Lipinski definition) is 0. The molecule has 0 saturated carbocycles. The normalized spacial score (nSPS) is 14.5. The van der Waals surface area contributed by atoms with Crippen LogP contribution in [0.1, 0.15) is 30.5 Å². The average Bonchev–Trinajstić information content (AvgIpc) is 3.12. The van der Waals surface area contributed by atoms with Crippen LogP contribution >= 0.6 is 0 Å². The van der Waals surface area contributed by atoms with Crippen LogP contribution in [0.4, 0.5) is 0 Å². The van der Waals surface area contributed by atoms with E-state index in [2.05, 4.69) is 0 Å². The number of allylic oxidation sites excluding steroid dienone is 1. The second kappa shape index (κ2) is 11.3. The Morgan fingerprint density at radius 3 is 2.20 bits per heavy atom. The molecule has 178 valence electrons. The number of nitrogens with zero attached hydrogens (tertiary/aromatic N) is 1. The zero-order valence-electron chi connectivity index (χ0n) is 20.1. The fourth-order valence-electron chi connectivity index (χ4n) is 4.11.